The van der Waals surface area contributed by atoms with Gasteiger partial charge in [-0.05, 0) is 48.7 Å². The number of rotatable bonds is 6. The van der Waals surface area contributed by atoms with Crippen LogP contribution in [0.2, 0.25) is 0 Å². The first-order valence-electron chi connectivity index (χ1n) is 8.39. The third-order valence-electron chi connectivity index (χ3n) is 4.18. The molecule has 6 heteroatoms. The van der Waals surface area contributed by atoms with E-state index >= 15 is 0 Å². The molecule has 5 nitrogen and oxygen atoms in total. The molecule has 1 atom stereocenters. The van der Waals surface area contributed by atoms with Crippen molar-refractivity contribution in [2.24, 2.45) is 0 Å². The molecular formula is C19H21NO4S. The number of benzene rings is 2. The third-order valence-corrected chi connectivity index (χ3v) is 6.14. The molecule has 1 aliphatic heterocycles. The molecule has 0 fully saturated rings. The van der Waals surface area contributed by atoms with E-state index in [1.54, 1.807) is 42.5 Å². The first-order valence-corrected chi connectivity index (χ1v) is 9.93. The van der Waals surface area contributed by atoms with Crippen LogP contribution in [0.15, 0.2) is 53.4 Å². The summed E-state index contributed by atoms with van der Waals surface area (Å²) in [6.45, 7) is 1.93. The van der Waals surface area contributed by atoms with Crippen LogP contribution in [-0.4, -0.2) is 19.8 Å². The van der Waals surface area contributed by atoms with Crippen LogP contribution < -0.4 is 10.1 Å². The monoisotopic (exact) mass is 359 g/mol. The van der Waals surface area contributed by atoms with Gasteiger partial charge in [-0.3, -0.25) is 4.79 Å². The van der Waals surface area contributed by atoms with Gasteiger partial charge in [0, 0.05) is 12.1 Å². The second-order valence-electron chi connectivity index (χ2n) is 6.06. The molecule has 0 aromatic heterocycles. The van der Waals surface area contributed by atoms with Gasteiger partial charge in [-0.15, -0.1) is 0 Å². The molecule has 25 heavy (non-hydrogen) atoms. The smallest absolute Gasteiger partial charge is 0.224 e. The number of sulfone groups is 1. The van der Waals surface area contributed by atoms with Crippen molar-refractivity contribution in [3.63, 3.8) is 0 Å². The van der Waals surface area contributed by atoms with E-state index < -0.39 is 15.3 Å². The Bertz CT molecular complexity index is 862. The van der Waals surface area contributed by atoms with Crippen molar-refractivity contribution in [3.8, 4) is 5.75 Å². The van der Waals surface area contributed by atoms with E-state index in [0.29, 0.717) is 31.4 Å². The Morgan fingerprint density at radius 3 is 2.60 bits per heavy atom. The van der Waals surface area contributed by atoms with Crippen LogP contribution in [0.5, 0.6) is 5.75 Å². The van der Waals surface area contributed by atoms with Crippen molar-refractivity contribution >= 4 is 21.4 Å². The number of ether oxygens (including phenoxy) is 1. The van der Waals surface area contributed by atoms with Gasteiger partial charge in [-0.2, -0.15) is 0 Å². The summed E-state index contributed by atoms with van der Waals surface area (Å²) in [5.74, 6) is 0.504. The number of carbonyl (C=O) groups is 1. The van der Waals surface area contributed by atoms with Crippen LogP contribution in [-0.2, 0) is 21.1 Å². The molecule has 2 aromatic rings. The van der Waals surface area contributed by atoms with Crippen molar-refractivity contribution in [1.82, 2.24) is 0 Å². The quantitative estimate of drug-likeness (QED) is 0.856. The normalized spacial score (nSPS) is 15.2. The van der Waals surface area contributed by atoms with Crippen molar-refractivity contribution in [2.45, 2.75) is 42.9 Å². The number of fused-ring (bicyclic) bond motifs is 1. The number of carbonyl (C=O) groups excluding carboxylic acids is 1. The number of aryl methyl sites for hydroxylation is 1. The Hall–Kier alpha value is -2.34. The summed E-state index contributed by atoms with van der Waals surface area (Å²) in [6, 6.07) is 13.7. The summed E-state index contributed by atoms with van der Waals surface area (Å²) in [7, 11) is -3.58. The van der Waals surface area contributed by atoms with E-state index in [1.807, 2.05) is 13.0 Å². The minimum atomic E-state index is -3.58. The molecule has 1 unspecified atom stereocenters. The highest BCUT2D eigenvalue weighted by atomic mass is 32.2. The lowest BCUT2D eigenvalue weighted by molar-refractivity contribution is -0.116. The van der Waals surface area contributed by atoms with Gasteiger partial charge in [0.15, 0.2) is 0 Å². The van der Waals surface area contributed by atoms with Gasteiger partial charge in [0.05, 0.1) is 4.90 Å². The zero-order valence-electron chi connectivity index (χ0n) is 14.1. The Morgan fingerprint density at radius 1 is 1.12 bits per heavy atom. The average molecular weight is 359 g/mol. The van der Waals surface area contributed by atoms with Crippen molar-refractivity contribution in [2.75, 3.05) is 5.32 Å². The van der Waals surface area contributed by atoms with E-state index in [9.17, 15) is 13.2 Å². The van der Waals surface area contributed by atoms with Crippen molar-refractivity contribution in [1.29, 1.82) is 0 Å². The second-order valence-corrected chi connectivity index (χ2v) is 8.15. The van der Waals surface area contributed by atoms with Crippen LogP contribution in [0.1, 0.15) is 31.7 Å². The molecule has 1 aliphatic rings. The fourth-order valence-corrected chi connectivity index (χ4v) is 4.48. The summed E-state index contributed by atoms with van der Waals surface area (Å²) < 4.78 is 31.6. The first kappa shape index (κ1) is 17.5. The Morgan fingerprint density at radius 2 is 1.88 bits per heavy atom. The molecule has 0 saturated carbocycles. The average Bonchev–Trinajstić information content (AvgIpc) is 2.62. The van der Waals surface area contributed by atoms with Gasteiger partial charge in [-0.25, -0.2) is 8.42 Å². The van der Waals surface area contributed by atoms with Crippen LogP contribution in [0.4, 0.5) is 5.69 Å². The summed E-state index contributed by atoms with van der Waals surface area (Å²) in [6.07, 6.45) is 2.15. The molecule has 0 saturated heterocycles. The largest absolute Gasteiger partial charge is 0.474 e. The Labute approximate surface area is 147 Å². The summed E-state index contributed by atoms with van der Waals surface area (Å²) in [4.78, 5) is 11.7. The van der Waals surface area contributed by atoms with E-state index in [-0.39, 0.29) is 10.8 Å². The maximum Gasteiger partial charge on any atom is 0.224 e. The maximum atomic E-state index is 12.9. The molecule has 0 radical (unpaired) electrons. The maximum absolute atomic E-state index is 12.9. The summed E-state index contributed by atoms with van der Waals surface area (Å²) >= 11 is 0. The number of hydrogen-bond acceptors (Lipinski definition) is 4. The molecule has 0 aliphatic carbocycles. The zero-order valence-corrected chi connectivity index (χ0v) is 14.9. The van der Waals surface area contributed by atoms with Crippen LogP contribution in [0, 0.1) is 0 Å². The van der Waals surface area contributed by atoms with Gasteiger partial charge in [0.1, 0.15) is 5.75 Å². The van der Waals surface area contributed by atoms with Crippen LogP contribution >= 0.6 is 0 Å². The van der Waals surface area contributed by atoms with E-state index in [0.717, 1.165) is 11.3 Å². The standard InChI is InChI=1S/C19H21NO4S/c1-2-6-19(25(22,23)16-7-4-3-5-8-16)24-15-10-11-17-14(13-15)9-12-18(21)20-17/h3-5,7-8,10-11,13,19H,2,6,9,12H2,1H3,(H,20,21). The van der Waals surface area contributed by atoms with E-state index in [4.69, 9.17) is 4.74 Å². The number of anilines is 1. The molecule has 132 valence electrons. The lowest BCUT2D eigenvalue weighted by Gasteiger charge is -2.22. The van der Waals surface area contributed by atoms with Gasteiger partial charge in [0.2, 0.25) is 21.2 Å². The molecule has 0 spiro atoms. The lowest BCUT2D eigenvalue weighted by Crippen LogP contribution is -2.28. The Kier molecular flexibility index (Phi) is 5.08. The number of hydrogen-bond donors (Lipinski definition) is 1. The molecule has 1 N–H and O–H groups in total. The SMILES string of the molecule is CCCC(Oc1ccc2c(c1)CCC(=O)N2)S(=O)(=O)c1ccccc1. The van der Waals surface area contributed by atoms with Gasteiger partial charge < -0.3 is 10.1 Å². The van der Waals surface area contributed by atoms with Crippen LogP contribution in [0.3, 0.4) is 0 Å². The van der Waals surface area contributed by atoms with Gasteiger partial charge in [0.25, 0.3) is 0 Å². The molecule has 2 aromatic carbocycles. The second kappa shape index (κ2) is 7.27. The molecule has 1 amide bonds. The molecule has 1 heterocycles. The summed E-state index contributed by atoms with van der Waals surface area (Å²) in [5, 5.41) is 2.81. The predicted molar refractivity (Wildman–Crippen MR) is 96.3 cm³/mol. The summed E-state index contributed by atoms with van der Waals surface area (Å²) in [5.41, 5.74) is 0.794. The van der Waals surface area contributed by atoms with Gasteiger partial charge >= 0.3 is 0 Å². The zero-order chi connectivity index (χ0) is 17.9. The van der Waals surface area contributed by atoms with Crippen molar-refractivity contribution in [3.05, 3.63) is 54.1 Å². The highest BCUT2D eigenvalue weighted by Gasteiger charge is 2.29. The predicted octanol–water partition coefficient (Wildman–Crippen LogP) is 3.55. The Balaban J connectivity index is 1.86. The molecular weight excluding hydrogens is 338 g/mol. The molecule has 3 rings (SSSR count). The molecule has 0 bridgehead atoms. The number of amides is 1. The third kappa shape index (κ3) is 3.85. The van der Waals surface area contributed by atoms with Gasteiger partial charge in [-0.1, -0.05) is 31.5 Å². The van der Waals surface area contributed by atoms with E-state index in [2.05, 4.69) is 5.32 Å². The van der Waals surface area contributed by atoms with E-state index in [1.165, 1.54) is 0 Å². The fraction of sp³-hybridized carbons (Fsp3) is 0.316. The lowest BCUT2D eigenvalue weighted by atomic mass is 10.0. The highest BCUT2D eigenvalue weighted by molar-refractivity contribution is 7.92. The first-order chi connectivity index (χ1) is 12.0. The highest BCUT2D eigenvalue weighted by Crippen LogP contribution is 2.29. The minimum absolute atomic E-state index is 0.00307. The fourth-order valence-electron chi connectivity index (χ4n) is 2.86. The number of nitrogens with one attached hydrogen (secondary N) is 1. The minimum Gasteiger partial charge on any atom is -0.474 e. The van der Waals surface area contributed by atoms with Crippen molar-refractivity contribution < 1.29 is 17.9 Å². The topological polar surface area (TPSA) is 72.5 Å². The van der Waals surface area contributed by atoms with Crippen LogP contribution in [0.25, 0.3) is 0 Å².